The van der Waals surface area contributed by atoms with Gasteiger partial charge in [0.05, 0.1) is 23.1 Å². The van der Waals surface area contributed by atoms with Gasteiger partial charge in [-0.15, -0.1) is 0 Å². The van der Waals surface area contributed by atoms with E-state index in [2.05, 4.69) is 27.3 Å². The van der Waals surface area contributed by atoms with Gasteiger partial charge in [-0.3, -0.25) is 9.78 Å². The van der Waals surface area contributed by atoms with E-state index < -0.39 is 0 Å². The van der Waals surface area contributed by atoms with Gasteiger partial charge >= 0.3 is 51.4 Å². The zero-order valence-corrected chi connectivity index (χ0v) is 25.6. The van der Waals surface area contributed by atoms with Crippen molar-refractivity contribution in [1.29, 1.82) is 0 Å². The van der Waals surface area contributed by atoms with Gasteiger partial charge in [0.2, 0.25) is 0 Å². The zero-order valence-electron chi connectivity index (χ0n) is 22.5. The molecule has 3 aromatic heterocycles. The van der Waals surface area contributed by atoms with Gasteiger partial charge in [-0.25, -0.2) is 4.98 Å². The molecule has 0 radical (unpaired) electrons. The molecule has 1 aliphatic rings. The van der Waals surface area contributed by atoms with Crippen molar-refractivity contribution in [2.45, 2.75) is 18.8 Å². The molecule has 0 bridgehead atoms. The topological polar surface area (TPSA) is 137 Å². The van der Waals surface area contributed by atoms with Gasteiger partial charge in [-0.05, 0) is 45.2 Å². The predicted octanol–water partition coefficient (Wildman–Crippen LogP) is 0.473. The Morgan fingerprint density at radius 1 is 1.10 bits per heavy atom. The molecule has 4 N–H and O–H groups in total. The molecule has 1 fully saturated rings. The van der Waals surface area contributed by atoms with Crippen molar-refractivity contribution in [3.05, 3.63) is 84.1 Å². The SMILES string of the molecule is C=CNCCNC.Nc1c(C=O)c(C2CCN([O-])CC2)nc2c(-c3ccc(-c4ccccc4)nc3)cnn12.[K+]. The smallest absolute Gasteiger partial charge is 0.785 e. The average molecular weight is 553 g/mol. The average Bonchev–Trinajstić information content (AvgIpc) is 3.39. The Morgan fingerprint density at radius 3 is 2.46 bits per heavy atom. The second kappa shape index (κ2) is 15.3. The molecule has 0 unspecified atom stereocenters. The van der Waals surface area contributed by atoms with Gasteiger partial charge in [0.15, 0.2) is 11.9 Å². The van der Waals surface area contributed by atoms with Crippen molar-refractivity contribution in [1.82, 2.24) is 35.3 Å². The first-order valence-electron chi connectivity index (χ1n) is 12.6. The fourth-order valence-electron chi connectivity index (χ4n) is 4.44. The summed E-state index contributed by atoms with van der Waals surface area (Å²) in [6, 6.07) is 13.9. The Hall–Kier alpha value is -2.48. The van der Waals surface area contributed by atoms with E-state index in [0.29, 0.717) is 42.8 Å². The summed E-state index contributed by atoms with van der Waals surface area (Å²) < 4.78 is 1.50. The van der Waals surface area contributed by atoms with E-state index in [1.54, 1.807) is 18.6 Å². The summed E-state index contributed by atoms with van der Waals surface area (Å²) in [4.78, 5) is 21.2. The molecule has 4 heterocycles. The summed E-state index contributed by atoms with van der Waals surface area (Å²) in [7, 11) is 1.92. The van der Waals surface area contributed by atoms with Crippen LogP contribution in [0.5, 0.6) is 0 Å². The minimum absolute atomic E-state index is 0. The van der Waals surface area contributed by atoms with E-state index in [-0.39, 0.29) is 63.1 Å². The number of aldehydes is 1. The molecule has 0 atom stereocenters. The maximum atomic E-state index is 11.8. The van der Waals surface area contributed by atoms with Crippen molar-refractivity contribution < 1.29 is 56.2 Å². The fourth-order valence-corrected chi connectivity index (χ4v) is 4.44. The maximum Gasteiger partial charge on any atom is 1.00 e. The summed E-state index contributed by atoms with van der Waals surface area (Å²) in [5.41, 5.74) is 11.4. The molecule has 39 heavy (non-hydrogen) atoms. The number of anilines is 1. The van der Waals surface area contributed by atoms with Crippen LogP contribution < -0.4 is 67.8 Å². The number of nitrogen functional groups attached to an aromatic ring is 1. The van der Waals surface area contributed by atoms with Gasteiger partial charge in [-0.2, -0.15) is 9.61 Å². The summed E-state index contributed by atoms with van der Waals surface area (Å²) in [5.74, 6) is 0.277. The van der Waals surface area contributed by atoms with Gasteiger partial charge in [0.25, 0.3) is 0 Å². The van der Waals surface area contributed by atoms with Crippen LogP contribution in [0.3, 0.4) is 0 Å². The van der Waals surface area contributed by atoms with E-state index in [4.69, 9.17) is 10.7 Å². The number of hydrogen-bond donors (Lipinski definition) is 3. The number of rotatable bonds is 8. The molecule has 0 aliphatic carbocycles. The molecule has 11 heteroatoms. The first-order chi connectivity index (χ1) is 18.6. The predicted molar refractivity (Wildman–Crippen MR) is 150 cm³/mol. The number of carbonyl (C=O) groups is 1. The minimum atomic E-state index is 0. The molecule has 198 valence electrons. The Morgan fingerprint density at radius 2 is 1.85 bits per heavy atom. The second-order valence-electron chi connectivity index (χ2n) is 8.97. The third kappa shape index (κ3) is 7.59. The normalized spacial score (nSPS) is 13.7. The number of aromatic nitrogens is 4. The molecule has 0 amide bonds. The summed E-state index contributed by atoms with van der Waals surface area (Å²) in [5, 5.41) is 22.9. The van der Waals surface area contributed by atoms with E-state index in [0.717, 1.165) is 46.8 Å². The van der Waals surface area contributed by atoms with Gasteiger partial charge in [0.1, 0.15) is 5.82 Å². The molecular weight excluding hydrogens is 519 g/mol. The number of nitrogens with two attached hydrogens (primary N) is 1. The standard InChI is InChI=1S/C23H21N6O2.C5H12N2.K/c24-22-19(14-30)21(16-8-10-28(31)11-9-16)27-23-18(13-26-29(22)23)17-6-7-20(25-12-17)15-4-2-1-3-5-15;1-3-7-5-4-6-2;/h1-7,12-14,16H,8-11,24H2;3,6-7H,1,4-5H2,2H3;/q-1;;+1. The monoisotopic (exact) mass is 552 g/mol. The summed E-state index contributed by atoms with van der Waals surface area (Å²) in [6.07, 6.45) is 7.19. The number of piperidine rings is 1. The Bertz CT molecular complexity index is 1350. The first kappa shape index (κ1) is 31.0. The van der Waals surface area contributed by atoms with Crippen molar-refractivity contribution in [2.75, 3.05) is 39.0 Å². The van der Waals surface area contributed by atoms with Crippen LogP contribution in [-0.4, -0.2) is 64.2 Å². The third-order valence-electron chi connectivity index (χ3n) is 6.52. The van der Waals surface area contributed by atoms with Crippen LogP contribution in [0.1, 0.15) is 34.8 Å². The minimum Gasteiger partial charge on any atom is -0.785 e. The van der Waals surface area contributed by atoms with Crippen LogP contribution in [0, 0.1) is 5.21 Å². The van der Waals surface area contributed by atoms with Crippen LogP contribution in [0.15, 0.2) is 67.6 Å². The first-order valence-corrected chi connectivity index (χ1v) is 12.6. The second-order valence-corrected chi connectivity index (χ2v) is 8.97. The van der Waals surface area contributed by atoms with Crippen LogP contribution in [0.25, 0.3) is 28.0 Å². The van der Waals surface area contributed by atoms with Crippen molar-refractivity contribution in [3.8, 4) is 22.4 Å². The number of hydrogen-bond acceptors (Lipinski definition) is 9. The maximum absolute atomic E-state index is 11.8. The van der Waals surface area contributed by atoms with E-state index in [9.17, 15) is 10.0 Å². The van der Waals surface area contributed by atoms with Gasteiger partial charge in [-0.1, -0.05) is 43.0 Å². The van der Waals surface area contributed by atoms with E-state index in [1.165, 1.54) is 4.52 Å². The van der Waals surface area contributed by atoms with Crippen LogP contribution >= 0.6 is 0 Å². The molecule has 1 aromatic carbocycles. The van der Waals surface area contributed by atoms with Crippen LogP contribution in [-0.2, 0) is 0 Å². The number of nitrogens with one attached hydrogen (secondary N) is 2. The molecule has 0 spiro atoms. The largest absolute Gasteiger partial charge is 1.00 e. The van der Waals surface area contributed by atoms with Crippen molar-refractivity contribution in [2.24, 2.45) is 0 Å². The third-order valence-corrected chi connectivity index (χ3v) is 6.52. The van der Waals surface area contributed by atoms with E-state index >= 15 is 0 Å². The number of fused-ring (bicyclic) bond motifs is 1. The molecular formula is C28H33KN8O2. The number of pyridine rings is 1. The molecule has 1 aliphatic heterocycles. The van der Waals surface area contributed by atoms with Crippen LogP contribution in [0.4, 0.5) is 5.82 Å². The number of benzene rings is 1. The fraction of sp³-hybridized carbons (Fsp3) is 0.286. The van der Waals surface area contributed by atoms with E-state index in [1.807, 2.05) is 49.5 Å². The van der Waals surface area contributed by atoms with Crippen molar-refractivity contribution in [3.63, 3.8) is 0 Å². The van der Waals surface area contributed by atoms with Gasteiger partial charge < -0.3 is 26.6 Å². The Labute approximate surface area is 271 Å². The quantitative estimate of drug-likeness (QED) is 0.162. The van der Waals surface area contributed by atoms with Crippen LogP contribution in [0.2, 0.25) is 0 Å². The Balaban J connectivity index is 0.000000468. The summed E-state index contributed by atoms with van der Waals surface area (Å²) in [6.45, 7) is 6.29. The molecule has 1 saturated heterocycles. The number of nitrogens with zero attached hydrogens (tertiary/aromatic N) is 5. The zero-order chi connectivity index (χ0) is 26.9. The molecule has 5 rings (SSSR count). The van der Waals surface area contributed by atoms with Gasteiger partial charge in [0, 0.05) is 41.9 Å². The molecule has 4 aromatic rings. The number of hydroxylamine groups is 2. The number of likely N-dealkylation sites (N-methyl/N-ethyl adjacent to an activating group) is 1. The molecule has 10 nitrogen and oxygen atoms in total. The Kier molecular flexibility index (Phi) is 12.2. The van der Waals surface area contributed by atoms with Crippen molar-refractivity contribution >= 4 is 17.8 Å². The molecule has 0 saturated carbocycles. The summed E-state index contributed by atoms with van der Waals surface area (Å²) >= 11 is 0. The number of carbonyl (C=O) groups excluding carboxylic acids is 1.